The van der Waals surface area contributed by atoms with Gasteiger partial charge in [0.25, 0.3) is 0 Å². The molecule has 0 heterocycles. The van der Waals surface area contributed by atoms with Crippen LogP contribution in [-0.2, 0) is 28.4 Å². The fourth-order valence-corrected chi connectivity index (χ4v) is 40.7. The first kappa shape index (κ1) is 30.1. The van der Waals surface area contributed by atoms with Crippen LogP contribution in [0.5, 0.6) is 0 Å². The van der Waals surface area contributed by atoms with Crippen molar-refractivity contribution in [1.82, 2.24) is 0 Å². The monoisotopic (exact) mass is 685 g/mol. The van der Waals surface area contributed by atoms with Gasteiger partial charge in [0.1, 0.15) is 0 Å². The van der Waals surface area contributed by atoms with Crippen molar-refractivity contribution in [3.05, 3.63) is 129 Å². The fraction of sp³-hybridized carbons (Fsp3) is 0.263. The van der Waals surface area contributed by atoms with Crippen LogP contribution in [0, 0.1) is 0 Å². The Morgan fingerprint density at radius 2 is 0.976 bits per heavy atom. The average molecular weight is 688 g/mol. The molecule has 4 aromatic rings. The van der Waals surface area contributed by atoms with E-state index in [4.69, 9.17) is 17.0 Å². The van der Waals surface area contributed by atoms with Gasteiger partial charge in [-0.3, -0.25) is 0 Å². The van der Waals surface area contributed by atoms with E-state index in [0.29, 0.717) is 0 Å². The Labute approximate surface area is 261 Å². The summed E-state index contributed by atoms with van der Waals surface area (Å²) in [5.41, 5.74) is 15.8. The molecular weight excluding hydrogens is 647 g/mol. The van der Waals surface area contributed by atoms with Gasteiger partial charge in [0, 0.05) is 0 Å². The number of fused-ring (bicyclic) bond motifs is 2. The molecule has 0 fully saturated rings. The van der Waals surface area contributed by atoms with Crippen LogP contribution in [0.4, 0.5) is 0 Å². The first-order valence-corrected chi connectivity index (χ1v) is 31.8. The van der Waals surface area contributed by atoms with E-state index in [1.807, 2.05) is 0 Å². The standard InChI is InChI=1S/2C18H17.C2H7Si.2ClH.Zr/c2*1-3-14-7-9-15(10-8-14)17-6-4-5-16-11-13(2)12-18(16)17;1-3-2;;;/h2*4-12H,3H2,1-2H3;3H,1-2H3;2*1H;/q;;;;;+2/p-2. The number of hydrogen-bond acceptors (Lipinski definition) is 0. The van der Waals surface area contributed by atoms with Gasteiger partial charge in [-0.25, -0.2) is 0 Å². The minimum absolute atomic E-state index is 0.109. The fourth-order valence-electron chi connectivity index (χ4n) is 7.75. The second-order valence-electron chi connectivity index (χ2n) is 12.7. The summed E-state index contributed by atoms with van der Waals surface area (Å²) in [5.74, 6) is -1.56. The summed E-state index contributed by atoms with van der Waals surface area (Å²) in [4.78, 5) is 0. The molecule has 2 aliphatic carbocycles. The van der Waals surface area contributed by atoms with Gasteiger partial charge in [-0.2, -0.15) is 0 Å². The Kier molecular flexibility index (Phi) is 8.02. The Bertz CT molecular complexity index is 1610. The summed E-state index contributed by atoms with van der Waals surface area (Å²) in [6, 6.07) is 31.7. The van der Waals surface area contributed by atoms with Crippen LogP contribution in [0.1, 0.15) is 68.3 Å². The summed E-state index contributed by atoms with van der Waals surface area (Å²) >= 11 is -4.67. The first-order chi connectivity index (χ1) is 20.1. The third kappa shape index (κ3) is 4.64. The van der Waals surface area contributed by atoms with Gasteiger partial charge in [0.2, 0.25) is 0 Å². The average Bonchev–Trinajstić information content (AvgIpc) is 3.53. The summed E-state index contributed by atoms with van der Waals surface area (Å²) in [6.07, 6.45) is 6.90. The Morgan fingerprint density at radius 3 is 1.31 bits per heavy atom. The van der Waals surface area contributed by atoms with Crippen LogP contribution in [0.15, 0.2) is 96.1 Å². The van der Waals surface area contributed by atoms with E-state index in [-0.39, 0.29) is 7.25 Å². The summed E-state index contributed by atoms with van der Waals surface area (Å²) in [5, 5.41) is 0. The predicted octanol–water partition coefficient (Wildman–Crippen LogP) is 11.7. The van der Waals surface area contributed by atoms with Crippen LogP contribution in [-0.4, -0.2) is 5.92 Å². The molecule has 6 rings (SSSR count). The maximum absolute atomic E-state index is 8.42. The van der Waals surface area contributed by atoms with Crippen LogP contribution < -0.4 is 0 Å². The molecular formula is C38H41Cl2SiZr. The zero-order chi connectivity index (χ0) is 29.8. The van der Waals surface area contributed by atoms with Crippen molar-refractivity contribution in [3.63, 3.8) is 0 Å². The molecule has 0 amide bonds. The molecule has 42 heavy (non-hydrogen) atoms. The van der Waals surface area contributed by atoms with E-state index < -0.39 is 21.5 Å². The van der Waals surface area contributed by atoms with Crippen molar-refractivity contribution < 1.29 is 15.6 Å². The SMILES string of the molecule is CCc1ccc(-c2cccc3c2C=C(C)[CH]3[Zr]([Cl])([Cl])([CH]2C(C)=Cc3c(-c4ccc(CC)cc4)cccc32)[SiH](C)C)cc1. The quantitative estimate of drug-likeness (QED) is 0.170. The van der Waals surface area contributed by atoms with Gasteiger partial charge in [0.05, 0.1) is 0 Å². The van der Waals surface area contributed by atoms with E-state index >= 15 is 0 Å². The molecule has 0 radical (unpaired) electrons. The Morgan fingerprint density at radius 1 is 0.595 bits per heavy atom. The number of hydrogen-bond donors (Lipinski definition) is 0. The molecule has 0 saturated carbocycles. The molecule has 2 atom stereocenters. The third-order valence-electron chi connectivity index (χ3n) is 10.1. The molecule has 215 valence electrons. The van der Waals surface area contributed by atoms with Crippen molar-refractivity contribution in [1.29, 1.82) is 0 Å². The van der Waals surface area contributed by atoms with Crippen molar-refractivity contribution in [2.75, 3.05) is 0 Å². The first-order valence-electron chi connectivity index (χ1n) is 15.5. The number of aryl methyl sites for hydroxylation is 2. The van der Waals surface area contributed by atoms with Gasteiger partial charge in [-0.1, -0.05) is 0 Å². The van der Waals surface area contributed by atoms with Gasteiger partial charge in [-0.05, 0) is 0 Å². The van der Waals surface area contributed by atoms with Crippen molar-refractivity contribution in [2.45, 2.75) is 60.9 Å². The van der Waals surface area contributed by atoms with E-state index in [9.17, 15) is 0 Å². The Hall–Kier alpha value is -1.96. The normalized spacial score (nSPS) is 18.7. The molecule has 2 unspecified atom stereocenters. The Balaban J connectivity index is 1.50. The molecule has 0 bridgehead atoms. The maximum atomic E-state index is 8.42. The van der Waals surface area contributed by atoms with Gasteiger partial charge in [-0.15, -0.1) is 0 Å². The minimum atomic E-state index is -4.67. The van der Waals surface area contributed by atoms with E-state index in [1.165, 1.54) is 66.8 Å². The zero-order valence-corrected chi connectivity index (χ0v) is 30.8. The second kappa shape index (κ2) is 11.2. The molecule has 0 saturated heterocycles. The molecule has 4 aromatic carbocycles. The van der Waals surface area contributed by atoms with Gasteiger partial charge < -0.3 is 0 Å². The molecule has 0 N–H and O–H groups in total. The van der Waals surface area contributed by atoms with E-state index in [2.05, 4.69) is 138 Å². The second-order valence-corrected chi connectivity index (χ2v) is 55.2. The van der Waals surface area contributed by atoms with Crippen molar-refractivity contribution >= 4 is 35.1 Å². The van der Waals surface area contributed by atoms with E-state index in [1.54, 1.807) is 0 Å². The molecule has 0 spiro atoms. The van der Waals surface area contributed by atoms with Crippen LogP contribution in [0.3, 0.4) is 0 Å². The summed E-state index contributed by atoms with van der Waals surface area (Å²) < 4.78 is 0.219. The molecule has 0 nitrogen and oxygen atoms in total. The number of allylic oxidation sites excluding steroid dienone is 2. The van der Waals surface area contributed by atoms with Crippen molar-refractivity contribution in [2.24, 2.45) is 0 Å². The topological polar surface area (TPSA) is 0 Å². The molecule has 4 heteroatoms. The predicted molar refractivity (Wildman–Crippen MR) is 186 cm³/mol. The number of benzene rings is 4. The van der Waals surface area contributed by atoms with Crippen LogP contribution in [0.2, 0.25) is 13.1 Å². The van der Waals surface area contributed by atoms with Crippen LogP contribution >= 0.6 is 17.0 Å². The summed E-state index contributed by atoms with van der Waals surface area (Å²) in [7, 11) is 16.8. The van der Waals surface area contributed by atoms with Gasteiger partial charge in [0.15, 0.2) is 0 Å². The zero-order valence-electron chi connectivity index (χ0n) is 25.6. The molecule has 2 aliphatic rings. The van der Waals surface area contributed by atoms with Gasteiger partial charge >= 0.3 is 263 Å². The van der Waals surface area contributed by atoms with Crippen LogP contribution in [0.25, 0.3) is 34.4 Å². The molecule has 0 aromatic heterocycles. The number of halogens is 2. The van der Waals surface area contributed by atoms with E-state index in [0.717, 1.165) is 12.8 Å². The summed E-state index contributed by atoms with van der Waals surface area (Å²) in [6.45, 7) is 13.8. The molecule has 0 aliphatic heterocycles. The third-order valence-corrected chi connectivity index (χ3v) is 62.4. The number of rotatable bonds is 7. The van der Waals surface area contributed by atoms with Crippen molar-refractivity contribution in [3.8, 4) is 22.3 Å².